The van der Waals surface area contributed by atoms with Gasteiger partial charge in [-0.15, -0.1) is 0 Å². The number of hydrogen-bond donors (Lipinski definition) is 3. The first-order valence-electron chi connectivity index (χ1n) is 8.69. The topological polar surface area (TPSA) is 77.5 Å². The molecule has 6 nitrogen and oxygen atoms in total. The highest BCUT2D eigenvalue weighted by atomic mass is 16.3. The number of nitrogens with zero attached hydrogens (tertiary/aromatic N) is 2. The van der Waals surface area contributed by atoms with Gasteiger partial charge in [-0.25, -0.2) is 4.79 Å². The van der Waals surface area contributed by atoms with Crippen LogP contribution >= 0.6 is 0 Å². The highest BCUT2D eigenvalue weighted by molar-refractivity contribution is 5.74. The number of carbonyl (C=O) groups excluding carboxylic acids is 1. The molecule has 134 valence electrons. The summed E-state index contributed by atoms with van der Waals surface area (Å²) < 4.78 is 0. The molecule has 2 amide bonds. The van der Waals surface area contributed by atoms with Crippen LogP contribution in [0, 0.1) is 5.41 Å². The summed E-state index contributed by atoms with van der Waals surface area (Å²) in [5.41, 5.74) is 0.849. The molecule has 0 aromatic carbocycles. The van der Waals surface area contributed by atoms with Gasteiger partial charge in [0.1, 0.15) is 0 Å². The lowest BCUT2D eigenvalue weighted by Gasteiger charge is -2.32. The number of nitrogens with one attached hydrogen (secondary N) is 2. The van der Waals surface area contributed by atoms with Gasteiger partial charge in [0.2, 0.25) is 0 Å². The summed E-state index contributed by atoms with van der Waals surface area (Å²) in [5, 5.41) is 15.7. The van der Waals surface area contributed by atoms with Crippen LogP contribution in [0.2, 0.25) is 0 Å². The summed E-state index contributed by atoms with van der Waals surface area (Å²) in [4.78, 5) is 18.7. The van der Waals surface area contributed by atoms with Gasteiger partial charge in [0.05, 0.1) is 11.8 Å². The number of urea groups is 1. The average molecular weight is 334 g/mol. The first kappa shape index (κ1) is 18.7. The third kappa shape index (κ3) is 6.09. The highest BCUT2D eigenvalue weighted by Gasteiger charge is 2.24. The predicted molar refractivity (Wildman–Crippen MR) is 94.5 cm³/mol. The van der Waals surface area contributed by atoms with E-state index in [1.807, 2.05) is 45.2 Å². The second-order valence-electron chi connectivity index (χ2n) is 7.61. The molecule has 3 N–H and O–H groups in total. The fourth-order valence-electron chi connectivity index (χ4n) is 2.69. The molecular weight excluding hydrogens is 304 g/mol. The molecule has 6 heteroatoms. The molecule has 0 aliphatic carbocycles. The predicted octanol–water partition coefficient (Wildman–Crippen LogP) is 1.75. The zero-order valence-corrected chi connectivity index (χ0v) is 15.0. The van der Waals surface area contributed by atoms with Crippen molar-refractivity contribution in [2.45, 2.75) is 52.3 Å². The molecule has 2 rings (SSSR count). The standard InChI is InChI=1S/C18H30N4O2/c1-18(2,3)16(23)12-20-17(24)21-14-7-10-22(11-8-14)13-15-6-4-5-9-19-15/h4-6,9,14,16,23H,7-8,10-13H2,1-3H3,(H2,20,21,24). The molecule has 24 heavy (non-hydrogen) atoms. The van der Waals surface area contributed by atoms with Crippen LogP contribution in [0.4, 0.5) is 4.79 Å². The maximum atomic E-state index is 12.0. The molecule has 1 atom stereocenters. The summed E-state index contributed by atoms with van der Waals surface area (Å²) in [6, 6.07) is 5.97. The van der Waals surface area contributed by atoms with Crippen molar-refractivity contribution in [2.75, 3.05) is 19.6 Å². The minimum atomic E-state index is -0.552. The number of hydrogen-bond acceptors (Lipinski definition) is 4. The van der Waals surface area contributed by atoms with E-state index in [4.69, 9.17) is 0 Å². The van der Waals surface area contributed by atoms with E-state index in [1.54, 1.807) is 0 Å². The SMILES string of the molecule is CC(C)(C)C(O)CNC(=O)NC1CCN(Cc2ccccn2)CC1. The van der Waals surface area contributed by atoms with E-state index >= 15 is 0 Å². The quantitative estimate of drug-likeness (QED) is 0.767. The Kier molecular flexibility index (Phi) is 6.57. The molecule has 1 aromatic rings. The molecular formula is C18H30N4O2. The molecule has 1 aliphatic heterocycles. The summed E-state index contributed by atoms with van der Waals surface area (Å²) in [6.45, 7) is 8.89. The van der Waals surface area contributed by atoms with E-state index in [0.717, 1.165) is 38.2 Å². The monoisotopic (exact) mass is 334 g/mol. The van der Waals surface area contributed by atoms with Crippen molar-refractivity contribution < 1.29 is 9.90 Å². The van der Waals surface area contributed by atoms with E-state index in [1.165, 1.54) is 0 Å². The van der Waals surface area contributed by atoms with Gasteiger partial charge in [-0.1, -0.05) is 26.8 Å². The third-order valence-corrected chi connectivity index (χ3v) is 4.49. The lowest BCUT2D eigenvalue weighted by molar-refractivity contribution is 0.0647. The van der Waals surface area contributed by atoms with Crippen LogP contribution in [-0.4, -0.2) is 52.8 Å². The van der Waals surface area contributed by atoms with Crippen LogP contribution in [0.15, 0.2) is 24.4 Å². The second-order valence-corrected chi connectivity index (χ2v) is 7.61. The number of rotatable bonds is 5. The number of aromatic nitrogens is 1. The lowest BCUT2D eigenvalue weighted by Crippen LogP contribution is -2.49. The zero-order valence-electron chi connectivity index (χ0n) is 15.0. The van der Waals surface area contributed by atoms with E-state index in [2.05, 4.69) is 20.5 Å². The fraction of sp³-hybridized carbons (Fsp3) is 0.667. The molecule has 0 bridgehead atoms. The summed E-state index contributed by atoms with van der Waals surface area (Å²) in [5.74, 6) is 0. The lowest BCUT2D eigenvalue weighted by atomic mass is 9.89. The van der Waals surface area contributed by atoms with E-state index in [-0.39, 0.29) is 24.0 Å². The van der Waals surface area contributed by atoms with Crippen molar-refractivity contribution in [1.29, 1.82) is 0 Å². The maximum absolute atomic E-state index is 12.0. The summed E-state index contributed by atoms with van der Waals surface area (Å²) in [6.07, 6.45) is 3.13. The molecule has 2 heterocycles. The van der Waals surface area contributed by atoms with Gasteiger partial charge < -0.3 is 15.7 Å². The Morgan fingerprint density at radius 3 is 2.67 bits per heavy atom. The molecule has 0 saturated carbocycles. The molecule has 1 fully saturated rings. The number of aliphatic hydroxyl groups is 1. The second kappa shape index (κ2) is 8.44. The minimum Gasteiger partial charge on any atom is -0.391 e. The van der Waals surface area contributed by atoms with Crippen molar-refractivity contribution in [2.24, 2.45) is 5.41 Å². The van der Waals surface area contributed by atoms with Gasteiger partial charge in [0, 0.05) is 38.4 Å². The van der Waals surface area contributed by atoms with E-state index < -0.39 is 6.10 Å². The van der Waals surface area contributed by atoms with Crippen LogP contribution in [0.5, 0.6) is 0 Å². The maximum Gasteiger partial charge on any atom is 0.315 e. The summed E-state index contributed by atoms with van der Waals surface area (Å²) >= 11 is 0. The minimum absolute atomic E-state index is 0.191. The highest BCUT2D eigenvalue weighted by Crippen LogP contribution is 2.18. The third-order valence-electron chi connectivity index (χ3n) is 4.49. The van der Waals surface area contributed by atoms with Gasteiger partial charge in [0.15, 0.2) is 0 Å². The van der Waals surface area contributed by atoms with Crippen LogP contribution < -0.4 is 10.6 Å². The smallest absolute Gasteiger partial charge is 0.315 e. The van der Waals surface area contributed by atoms with Crippen molar-refractivity contribution in [3.8, 4) is 0 Å². The van der Waals surface area contributed by atoms with Gasteiger partial charge in [-0.05, 0) is 30.4 Å². The number of carbonyl (C=O) groups is 1. The first-order chi connectivity index (χ1) is 11.3. The Morgan fingerprint density at radius 2 is 2.08 bits per heavy atom. The van der Waals surface area contributed by atoms with Crippen molar-refractivity contribution in [1.82, 2.24) is 20.5 Å². The number of likely N-dealkylation sites (tertiary alicyclic amines) is 1. The Labute approximate surface area is 144 Å². The zero-order chi connectivity index (χ0) is 17.6. The van der Waals surface area contributed by atoms with Crippen LogP contribution in [0.1, 0.15) is 39.3 Å². The van der Waals surface area contributed by atoms with E-state index in [9.17, 15) is 9.90 Å². The molecule has 0 spiro atoms. The molecule has 1 aromatic heterocycles. The van der Waals surface area contributed by atoms with Crippen LogP contribution in [0.3, 0.4) is 0 Å². The Hall–Kier alpha value is -1.66. The largest absolute Gasteiger partial charge is 0.391 e. The van der Waals surface area contributed by atoms with Crippen LogP contribution in [0.25, 0.3) is 0 Å². The molecule has 1 aliphatic rings. The van der Waals surface area contributed by atoms with Crippen molar-refractivity contribution in [3.05, 3.63) is 30.1 Å². The van der Waals surface area contributed by atoms with Gasteiger partial charge in [0.25, 0.3) is 0 Å². The van der Waals surface area contributed by atoms with E-state index in [0.29, 0.717) is 0 Å². The van der Waals surface area contributed by atoms with Gasteiger partial charge in [-0.2, -0.15) is 0 Å². The van der Waals surface area contributed by atoms with Crippen molar-refractivity contribution >= 4 is 6.03 Å². The van der Waals surface area contributed by atoms with Gasteiger partial charge >= 0.3 is 6.03 Å². The number of aliphatic hydroxyl groups excluding tert-OH is 1. The Bertz CT molecular complexity index is 508. The Morgan fingerprint density at radius 1 is 1.38 bits per heavy atom. The number of pyridine rings is 1. The fourth-order valence-corrected chi connectivity index (χ4v) is 2.69. The number of amides is 2. The average Bonchev–Trinajstić information content (AvgIpc) is 2.54. The molecule has 1 unspecified atom stereocenters. The van der Waals surface area contributed by atoms with Crippen molar-refractivity contribution in [3.63, 3.8) is 0 Å². The first-order valence-corrected chi connectivity index (χ1v) is 8.69. The van der Waals surface area contributed by atoms with Gasteiger partial charge in [-0.3, -0.25) is 9.88 Å². The normalized spacial score (nSPS) is 18.2. The van der Waals surface area contributed by atoms with Crippen LogP contribution in [-0.2, 0) is 6.54 Å². The molecule has 1 saturated heterocycles. The molecule has 0 radical (unpaired) electrons. The number of piperidine rings is 1. The summed E-state index contributed by atoms with van der Waals surface area (Å²) in [7, 11) is 0. The Balaban J connectivity index is 1.66.